The lowest BCUT2D eigenvalue weighted by atomic mass is 9.92. The van der Waals surface area contributed by atoms with E-state index >= 15 is 0 Å². The van der Waals surface area contributed by atoms with E-state index in [1.54, 1.807) is 0 Å². The van der Waals surface area contributed by atoms with Crippen LogP contribution in [0.3, 0.4) is 0 Å². The normalized spacial score (nSPS) is 11.3. The fourth-order valence-electron chi connectivity index (χ4n) is 4.16. The predicted molar refractivity (Wildman–Crippen MR) is 137 cm³/mol. The van der Waals surface area contributed by atoms with Gasteiger partial charge in [0.2, 0.25) is 0 Å². The molecule has 0 heterocycles. The van der Waals surface area contributed by atoms with Crippen LogP contribution >= 0.6 is 31.9 Å². The zero-order valence-corrected chi connectivity index (χ0v) is 20.0. The van der Waals surface area contributed by atoms with Crippen LogP contribution in [0.2, 0.25) is 0 Å². The number of aryl methyl sites for hydroxylation is 2. The zero-order valence-electron chi connectivity index (χ0n) is 16.8. The second kappa shape index (κ2) is 7.68. The molecule has 0 saturated heterocycles. The Morgan fingerprint density at radius 3 is 1.23 bits per heavy atom. The van der Waals surface area contributed by atoms with Gasteiger partial charge in [-0.3, -0.25) is 0 Å². The van der Waals surface area contributed by atoms with Crippen molar-refractivity contribution in [2.45, 2.75) is 13.8 Å². The quantitative estimate of drug-likeness (QED) is 0.219. The molecule has 0 amide bonds. The molecule has 5 aromatic rings. The van der Waals surface area contributed by atoms with Gasteiger partial charge in [-0.05, 0) is 70.8 Å². The van der Waals surface area contributed by atoms with Gasteiger partial charge in [0.1, 0.15) is 0 Å². The monoisotopic (exact) mass is 514 g/mol. The van der Waals surface area contributed by atoms with Crippen LogP contribution in [0, 0.1) is 13.8 Å². The molecule has 0 aliphatic heterocycles. The fourth-order valence-corrected chi connectivity index (χ4v) is 5.28. The summed E-state index contributed by atoms with van der Waals surface area (Å²) in [6.45, 7) is 4.27. The van der Waals surface area contributed by atoms with E-state index in [-0.39, 0.29) is 0 Å². The largest absolute Gasteiger partial charge is 0.0587 e. The van der Waals surface area contributed by atoms with Crippen LogP contribution in [0.15, 0.2) is 93.9 Å². The molecule has 2 heteroatoms. The maximum Gasteiger partial charge on any atom is 0.0260 e. The van der Waals surface area contributed by atoms with E-state index in [9.17, 15) is 0 Å². The summed E-state index contributed by atoms with van der Waals surface area (Å²) in [6.07, 6.45) is 0. The maximum absolute atomic E-state index is 3.83. The van der Waals surface area contributed by atoms with Crippen LogP contribution < -0.4 is 0 Å². The lowest BCUT2D eigenvalue weighted by Gasteiger charge is -2.16. The number of hydrogen-bond acceptors (Lipinski definition) is 0. The molecule has 5 aromatic carbocycles. The Labute approximate surface area is 193 Å². The molecule has 0 radical (unpaired) electrons. The van der Waals surface area contributed by atoms with E-state index < -0.39 is 0 Å². The molecule has 0 atom stereocenters. The van der Waals surface area contributed by atoms with Crippen molar-refractivity contribution in [1.82, 2.24) is 0 Å². The molecule has 0 N–H and O–H groups in total. The first kappa shape index (κ1) is 19.5. The third kappa shape index (κ3) is 3.49. The molecule has 146 valence electrons. The van der Waals surface area contributed by atoms with Gasteiger partial charge in [-0.2, -0.15) is 0 Å². The van der Waals surface area contributed by atoms with Crippen LogP contribution in [0.5, 0.6) is 0 Å². The Hall–Kier alpha value is -2.42. The van der Waals surface area contributed by atoms with Gasteiger partial charge in [0.15, 0.2) is 0 Å². The first-order valence-electron chi connectivity index (χ1n) is 9.99. The number of benzene rings is 5. The minimum Gasteiger partial charge on any atom is -0.0587 e. The van der Waals surface area contributed by atoms with E-state index in [0.717, 1.165) is 8.95 Å². The smallest absolute Gasteiger partial charge is 0.0260 e. The van der Waals surface area contributed by atoms with Crippen molar-refractivity contribution >= 4 is 53.4 Å². The van der Waals surface area contributed by atoms with Crippen molar-refractivity contribution < 1.29 is 0 Å². The second-order valence-electron chi connectivity index (χ2n) is 7.91. The van der Waals surface area contributed by atoms with Gasteiger partial charge in [0.05, 0.1) is 0 Å². The second-order valence-corrected chi connectivity index (χ2v) is 9.62. The lowest BCUT2D eigenvalue weighted by molar-refractivity contribution is 1.50. The highest BCUT2D eigenvalue weighted by molar-refractivity contribution is 9.11. The van der Waals surface area contributed by atoms with Gasteiger partial charge >= 0.3 is 0 Å². The van der Waals surface area contributed by atoms with Crippen molar-refractivity contribution in [3.8, 4) is 22.3 Å². The third-order valence-corrected chi connectivity index (χ3v) is 6.99. The van der Waals surface area contributed by atoms with Crippen LogP contribution in [0.1, 0.15) is 11.1 Å². The minimum atomic E-state index is 1.09. The molecule has 0 spiro atoms. The molecular weight excluding hydrogens is 496 g/mol. The Morgan fingerprint density at radius 2 is 0.800 bits per heavy atom. The van der Waals surface area contributed by atoms with Crippen molar-refractivity contribution in [3.05, 3.63) is 105 Å². The van der Waals surface area contributed by atoms with E-state index in [0.29, 0.717) is 0 Å². The first-order valence-corrected chi connectivity index (χ1v) is 11.6. The van der Waals surface area contributed by atoms with Crippen molar-refractivity contribution in [1.29, 1.82) is 0 Å². The van der Waals surface area contributed by atoms with Crippen molar-refractivity contribution in [2.24, 2.45) is 0 Å². The van der Waals surface area contributed by atoms with E-state index in [2.05, 4.69) is 131 Å². The predicted octanol–water partition coefficient (Wildman–Crippen LogP) is 9.47. The summed E-state index contributed by atoms with van der Waals surface area (Å²) in [4.78, 5) is 0. The van der Waals surface area contributed by atoms with Crippen LogP contribution in [0.4, 0.5) is 0 Å². The third-order valence-electron chi connectivity index (χ3n) is 5.67. The lowest BCUT2D eigenvalue weighted by Crippen LogP contribution is -1.90. The zero-order chi connectivity index (χ0) is 20.8. The molecule has 0 aliphatic carbocycles. The molecule has 0 fully saturated rings. The fraction of sp³-hybridized carbons (Fsp3) is 0.0714. The van der Waals surface area contributed by atoms with Crippen LogP contribution in [-0.2, 0) is 0 Å². The molecule has 0 nitrogen and oxygen atoms in total. The van der Waals surface area contributed by atoms with E-state index in [1.165, 1.54) is 54.9 Å². The van der Waals surface area contributed by atoms with Gasteiger partial charge in [0, 0.05) is 20.1 Å². The molecule has 0 aromatic heterocycles. The SMILES string of the molecule is Cc1ccc2cc(-c3c(Br)ccc(Br)c3-c3ccc4cc(C)ccc4c3)ccc2c1. The molecule has 0 bridgehead atoms. The molecular formula is C28H20Br2. The summed E-state index contributed by atoms with van der Waals surface area (Å²) in [6, 6.07) is 30.9. The summed E-state index contributed by atoms with van der Waals surface area (Å²) in [5.41, 5.74) is 7.39. The van der Waals surface area contributed by atoms with Crippen molar-refractivity contribution in [3.63, 3.8) is 0 Å². The van der Waals surface area contributed by atoms with E-state index in [4.69, 9.17) is 0 Å². The molecule has 0 unspecified atom stereocenters. The summed E-state index contributed by atoms with van der Waals surface area (Å²) in [5.74, 6) is 0. The Bertz CT molecular complexity index is 1320. The number of rotatable bonds is 2. The molecule has 5 rings (SSSR count). The van der Waals surface area contributed by atoms with E-state index in [1.807, 2.05) is 0 Å². The minimum absolute atomic E-state index is 1.09. The maximum atomic E-state index is 3.83. The number of halogens is 2. The summed E-state index contributed by atoms with van der Waals surface area (Å²) in [5, 5.41) is 5.05. The van der Waals surface area contributed by atoms with Crippen molar-refractivity contribution in [2.75, 3.05) is 0 Å². The molecule has 0 saturated carbocycles. The average molecular weight is 516 g/mol. The number of hydrogen-bond donors (Lipinski definition) is 0. The topological polar surface area (TPSA) is 0 Å². The Morgan fingerprint density at radius 1 is 0.433 bits per heavy atom. The number of fused-ring (bicyclic) bond motifs is 2. The summed E-state index contributed by atoms with van der Waals surface area (Å²) < 4.78 is 2.19. The van der Waals surface area contributed by atoms with Gasteiger partial charge in [-0.15, -0.1) is 0 Å². The first-order chi connectivity index (χ1) is 14.5. The van der Waals surface area contributed by atoms with Gasteiger partial charge in [0.25, 0.3) is 0 Å². The van der Waals surface area contributed by atoms with Gasteiger partial charge in [-0.25, -0.2) is 0 Å². The highest BCUT2D eigenvalue weighted by Crippen LogP contribution is 2.43. The van der Waals surface area contributed by atoms with Crippen LogP contribution in [-0.4, -0.2) is 0 Å². The van der Waals surface area contributed by atoms with Gasteiger partial charge < -0.3 is 0 Å². The molecule has 30 heavy (non-hydrogen) atoms. The Kier molecular flexibility index (Phi) is 5.00. The van der Waals surface area contributed by atoms with Gasteiger partial charge in [-0.1, -0.05) is 104 Å². The summed E-state index contributed by atoms with van der Waals surface area (Å²) >= 11 is 7.66. The van der Waals surface area contributed by atoms with Crippen LogP contribution in [0.25, 0.3) is 43.8 Å². The standard InChI is InChI=1S/C28H20Br2/c1-17-3-5-21-15-23(9-7-19(21)13-17)27-25(29)11-12-26(30)28(27)24-10-8-20-14-18(2)4-6-22(20)16-24/h3-16H,1-2H3. The average Bonchev–Trinajstić information content (AvgIpc) is 2.74. The highest BCUT2D eigenvalue weighted by atomic mass is 79.9. The highest BCUT2D eigenvalue weighted by Gasteiger charge is 2.16. The molecule has 0 aliphatic rings. The Balaban J connectivity index is 1.75. The summed E-state index contributed by atoms with van der Waals surface area (Å²) in [7, 11) is 0.